The smallest absolute Gasteiger partial charge is 0.254 e. The minimum Gasteiger partial charge on any atom is -0.329 e. The molecule has 1 N–H and O–H groups in total. The fourth-order valence-electron chi connectivity index (χ4n) is 3.65. The molecular weight excluding hydrogens is 450 g/mol. The van der Waals surface area contributed by atoms with Gasteiger partial charge in [0.2, 0.25) is 5.91 Å². The molecule has 0 unspecified atom stereocenters. The molecule has 178 valence electrons. The summed E-state index contributed by atoms with van der Waals surface area (Å²) in [7, 11) is 0. The van der Waals surface area contributed by atoms with Gasteiger partial charge in [0, 0.05) is 23.7 Å². The third kappa shape index (κ3) is 5.78. The minimum absolute atomic E-state index is 0.195. The van der Waals surface area contributed by atoms with Crippen molar-refractivity contribution in [3.63, 3.8) is 0 Å². The monoisotopic (exact) mass is 474 g/mol. The van der Waals surface area contributed by atoms with Crippen LogP contribution >= 0.6 is 0 Å². The molecule has 0 bridgehead atoms. The summed E-state index contributed by atoms with van der Waals surface area (Å²) in [6, 6.07) is 22.2. The summed E-state index contributed by atoms with van der Waals surface area (Å²) in [4.78, 5) is 27.3. The lowest BCUT2D eigenvalue weighted by atomic mass is 10.1. The second kappa shape index (κ2) is 10.7. The Morgan fingerprint density at radius 2 is 1.54 bits per heavy atom. The van der Waals surface area contributed by atoms with Crippen molar-refractivity contribution in [2.75, 3.05) is 18.4 Å². The second-order valence-corrected chi connectivity index (χ2v) is 7.95. The van der Waals surface area contributed by atoms with E-state index in [0.29, 0.717) is 35.7 Å². The van der Waals surface area contributed by atoms with Crippen LogP contribution in [0, 0.1) is 11.6 Å². The van der Waals surface area contributed by atoms with Crippen molar-refractivity contribution >= 4 is 17.6 Å². The van der Waals surface area contributed by atoms with Gasteiger partial charge < -0.3 is 10.2 Å². The van der Waals surface area contributed by atoms with E-state index in [1.165, 1.54) is 46.0 Å². The quantitative estimate of drug-likeness (QED) is 0.376. The van der Waals surface area contributed by atoms with Crippen molar-refractivity contribution in [1.29, 1.82) is 0 Å². The van der Waals surface area contributed by atoms with Crippen LogP contribution in [0.25, 0.3) is 16.9 Å². The molecule has 0 aliphatic rings. The van der Waals surface area contributed by atoms with Crippen LogP contribution in [0.4, 0.5) is 14.6 Å². The molecule has 1 heterocycles. The number of benzene rings is 3. The van der Waals surface area contributed by atoms with Crippen molar-refractivity contribution < 1.29 is 18.4 Å². The Morgan fingerprint density at radius 3 is 2.17 bits per heavy atom. The first-order chi connectivity index (χ1) is 16.9. The molecule has 2 amide bonds. The molecule has 0 aliphatic heterocycles. The Kier molecular flexibility index (Phi) is 7.30. The number of hydrogen-bond donors (Lipinski definition) is 1. The topological polar surface area (TPSA) is 67.2 Å². The molecule has 0 aliphatic carbocycles. The number of hydrogen-bond acceptors (Lipinski definition) is 3. The van der Waals surface area contributed by atoms with Crippen molar-refractivity contribution in [2.24, 2.45) is 0 Å². The molecule has 4 aromatic rings. The highest BCUT2D eigenvalue weighted by Crippen LogP contribution is 2.25. The maximum atomic E-state index is 13.5. The summed E-state index contributed by atoms with van der Waals surface area (Å²) in [5.74, 6) is -1.23. The molecule has 0 fully saturated rings. The van der Waals surface area contributed by atoms with Crippen LogP contribution in [0.1, 0.15) is 23.7 Å². The van der Waals surface area contributed by atoms with Crippen molar-refractivity contribution in [1.82, 2.24) is 14.7 Å². The zero-order valence-electron chi connectivity index (χ0n) is 19.1. The van der Waals surface area contributed by atoms with Crippen molar-refractivity contribution in [3.05, 3.63) is 102 Å². The fraction of sp³-hybridized carbons (Fsp3) is 0.148. The maximum absolute atomic E-state index is 13.5. The molecule has 0 saturated carbocycles. The highest BCUT2D eigenvalue weighted by molar-refractivity contribution is 5.99. The SMILES string of the molecule is CCCN(CC(=O)Nc1cc(-c2ccccc2)nn1-c1ccc(F)cc1)C(=O)c1ccc(F)cc1. The molecule has 1 aromatic heterocycles. The number of amides is 2. The average Bonchev–Trinajstić information content (AvgIpc) is 3.28. The number of anilines is 1. The standard InChI is InChI=1S/C27H24F2N4O2/c1-2-16-32(27(35)20-8-10-21(28)11-9-20)18-26(34)30-25-17-24(19-6-4-3-5-7-19)31-33(25)23-14-12-22(29)13-15-23/h3-15,17H,2,16,18H2,1H3,(H,30,34). The van der Waals surface area contributed by atoms with E-state index in [4.69, 9.17) is 0 Å². The Bertz CT molecular complexity index is 1300. The summed E-state index contributed by atoms with van der Waals surface area (Å²) in [5.41, 5.74) is 2.34. The number of nitrogens with one attached hydrogen (secondary N) is 1. The zero-order valence-corrected chi connectivity index (χ0v) is 19.1. The Hall–Kier alpha value is -4.33. The first kappa shape index (κ1) is 23.8. The average molecular weight is 475 g/mol. The predicted molar refractivity (Wildman–Crippen MR) is 130 cm³/mol. The zero-order chi connectivity index (χ0) is 24.8. The van der Waals surface area contributed by atoms with Crippen LogP contribution in [-0.4, -0.2) is 39.6 Å². The largest absolute Gasteiger partial charge is 0.329 e. The Balaban J connectivity index is 1.59. The van der Waals surface area contributed by atoms with E-state index in [-0.39, 0.29) is 18.3 Å². The normalized spacial score (nSPS) is 10.7. The highest BCUT2D eigenvalue weighted by atomic mass is 19.1. The third-order valence-corrected chi connectivity index (χ3v) is 5.32. The highest BCUT2D eigenvalue weighted by Gasteiger charge is 2.20. The van der Waals surface area contributed by atoms with Gasteiger partial charge in [-0.25, -0.2) is 13.5 Å². The molecule has 35 heavy (non-hydrogen) atoms. The molecule has 0 atom stereocenters. The van der Waals surface area contributed by atoms with E-state index in [1.54, 1.807) is 18.2 Å². The number of rotatable bonds is 8. The predicted octanol–water partition coefficient (Wildman–Crippen LogP) is 5.31. The van der Waals surface area contributed by atoms with E-state index in [0.717, 1.165) is 5.56 Å². The van der Waals surface area contributed by atoms with Gasteiger partial charge in [0.05, 0.1) is 11.4 Å². The summed E-state index contributed by atoms with van der Waals surface area (Å²) in [5, 5.41) is 7.44. The first-order valence-electron chi connectivity index (χ1n) is 11.2. The number of carbonyl (C=O) groups excluding carboxylic acids is 2. The van der Waals surface area contributed by atoms with Crippen molar-refractivity contribution in [2.45, 2.75) is 13.3 Å². The summed E-state index contributed by atoms with van der Waals surface area (Å²) in [6.07, 6.45) is 0.645. The first-order valence-corrected chi connectivity index (χ1v) is 11.2. The van der Waals surface area contributed by atoms with Gasteiger partial charge in [-0.1, -0.05) is 37.3 Å². The van der Waals surface area contributed by atoms with Gasteiger partial charge in [0.25, 0.3) is 5.91 Å². The molecule has 0 saturated heterocycles. The molecule has 3 aromatic carbocycles. The number of carbonyl (C=O) groups is 2. The number of aromatic nitrogens is 2. The molecule has 8 heteroatoms. The molecule has 6 nitrogen and oxygen atoms in total. The lowest BCUT2D eigenvalue weighted by Gasteiger charge is -2.22. The third-order valence-electron chi connectivity index (χ3n) is 5.32. The summed E-state index contributed by atoms with van der Waals surface area (Å²) >= 11 is 0. The van der Waals surface area contributed by atoms with E-state index in [1.807, 2.05) is 37.3 Å². The fourth-order valence-corrected chi connectivity index (χ4v) is 3.65. The lowest BCUT2D eigenvalue weighted by molar-refractivity contribution is -0.116. The van der Waals surface area contributed by atoms with E-state index < -0.39 is 11.7 Å². The van der Waals surface area contributed by atoms with Gasteiger partial charge in [-0.05, 0) is 55.0 Å². The second-order valence-electron chi connectivity index (χ2n) is 7.95. The molecular formula is C27H24F2N4O2. The number of nitrogens with zero attached hydrogens (tertiary/aromatic N) is 3. The van der Waals surface area contributed by atoms with Gasteiger partial charge in [-0.2, -0.15) is 5.10 Å². The molecule has 4 rings (SSSR count). The van der Waals surface area contributed by atoms with Gasteiger partial charge in [0.1, 0.15) is 24.0 Å². The summed E-state index contributed by atoms with van der Waals surface area (Å²) < 4.78 is 28.3. The van der Waals surface area contributed by atoms with E-state index in [2.05, 4.69) is 10.4 Å². The Morgan fingerprint density at radius 1 is 0.914 bits per heavy atom. The molecule has 0 radical (unpaired) electrons. The Labute approximate surface area is 201 Å². The van der Waals surface area contributed by atoms with Crippen LogP contribution in [0.15, 0.2) is 84.9 Å². The van der Waals surface area contributed by atoms with Crippen LogP contribution in [0.3, 0.4) is 0 Å². The molecule has 0 spiro atoms. The van der Waals surface area contributed by atoms with Gasteiger partial charge in [-0.3, -0.25) is 9.59 Å². The van der Waals surface area contributed by atoms with Gasteiger partial charge >= 0.3 is 0 Å². The maximum Gasteiger partial charge on any atom is 0.254 e. The lowest BCUT2D eigenvalue weighted by Crippen LogP contribution is -2.38. The van der Waals surface area contributed by atoms with E-state index >= 15 is 0 Å². The van der Waals surface area contributed by atoms with Gasteiger partial charge in [0.15, 0.2) is 0 Å². The van der Waals surface area contributed by atoms with Gasteiger partial charge in [-0.15, -0.1) is 0 Å². The van der Waals surface area contributed by atoms with Crippen LogP contribution < -0.4 is 5.32 Å². The van der Waals surface area contributed by atoms with Crippen molar-refractivity contribution in [3.8, 4) is 16.9 Å². The van der Waals surface area contributed by atoms with Crippen LogP contribution in [0.2, 0.25) is 0 Å². The van der Waals surface area contributed by atoms with Crippen LogP contribution in [0.5, 0.6) is 0 Å². The summed E-state index contributed by atoms with van der Waals surface area (Å²) in [6.45, 7) is 2.06. The van der Waals surface area contributed by atoms with Crippen LogP contribution in [-0.2, 0) is 4.79 Å². The number of halogens is 2. The van der Waals surface area contributed by atoms with E-state index in [9.17, 15) is 18.4 Å². The minimum atomic E-state index is -0.440.